The molecule has 1 aliphatic rings. The molecule has 6 heteroatoms. The molecular formula is C12H11BrN2O2S. The van der Waals surface area contributed by atoms with E-state index in [0.717, 1.165) is 41.0 Å². The Balaban J connectivity index is 2.19. The number of hydrogen-bond acceptors (Lipinski definition) is 3. The first-order valence-electron chi connectivity index (χ1n) is 5.74. The molecule has 2 aromatic heterocycles. The van der Waals surface area contributed by atoms with Crippen LogP contribution in [0.5, 0.6) is 0 Å². The quantitative estimate of drug-likeness (QED) is 0.920. The van der Waals surface area contributed by atoms with Gasteiger partial charge in [0.25, 0.3) is 0 Å². The van der Waals surface area contributed by atoms with Gasteiger partial charge in [-0.2, -0.15) is 0 Å². The van der Waals surface area contributed by atoms with Crippen LogP contribution < -0.4 is 0 Å². The lowest BCUT2D eigenvalue weighted by Crippen LogP contribution is -2.15. The Kier molecular flexibility index (Phi) is 2.99. The van der Waals surface area contributed by atoms with Crippen molar-refractivity contribution in [3.8, 4) is 10.6 Å². The highest BCUT2D eigenvalue weighted by Crippen LogP contribution is 2.33. The molecule has 0 unspecified atom stereocenters. The van der Waals surface area contributed by atoms with E-state index >= 15 is 0 Å². The first-order chi connectivity index (χ1) is 8.66. The first-order valence-corrected chi connectivity index (χ1v) is 7.41. The molecule has 94 valence electrons. The number of fused-ring (bicyclic) bond motifs is 1. The molecule has 0 spiro atoms. The van der Waals surface area contributed by atoms with E-state index in [1.54, 1.807) is 0 Å². The van der Waals surface area contributed by atoms with Crippen molar-refractivity contribution in [3.63, 3.8) is 0 Å². The van der Waals surface area contributed by atoms with E-state index in [-0.39, 0.29) is 0 Å². The monoisotopic (exact) mass is 326 g/mol. The molecule has 0 radical (unpaired) electrons. The second-order valence-electron chi connectivity index (χ2n) is 4.27. The summed E-state index contributed by atoms with van der Waals surface area (Å²) in [5, 5.41) is 11.4. The number of rotatable bonds is 2. The number of carboxylic acids is 1. The number of aromatic nitrogens is 2. The largest absolute Gasteiger partial charge is 0.477 e. The number of hydrogen-bond donors (Lipinski definition) is 1. The molecule has 2 aromatic rings. The van der Waals surface area contributed by atoms with E-state index in [9.17, 15) is 9.90 Å². The Labute approximate surface area is 116 Å². The van der Waals surface area contributed by atoms with Crippen molar-refractivity contribution in [1.29, 1.82) is 0 Å². The lowest BCUT2D eigenvalue weighted by Gasteiger charge is -2.14. The molecule has 3 rings (SSSR count). The fourth-order valence-electron chi connectivity index (χ4n) is 2.31. The maximum Gasteiger partial charge on any atom is 0.354 e. The number of thiophene rings is 1. The van der Waals surface area contributed by atoms with Crippen molar-refractivity contribution < 1.29 is 9.90 Å². The van der Waals surface area contributed by atoms with E-state index in [0.29, 0.717) is 11.4 Å². The second kappa shape index (κ2) is 4.51. The summed E-state index contributed by atoms with van der Waals surface area (Å²) in [5.41, 5.74) is 0.939. The van der Waals surface area contributed by atoms with Crippen LogP contribution in [0.15, 0.2) is 15.9 Å². The van der Waals surface area contributed by atoms with E-state index in [1.807, 2.05) is 16.0 Å². The van der Waals surface area contributed by atoms with E-state index in [4.69, 9.17) is 0 Å². The average Bonchev–Trinajstić information content (AvgIpc) is 2.91. The lowest BCUT2D eigenvalue weighted by molar-refractivity contribution is 0.0685. The van der Waals surface area contributed by atoms with Crippen LogP contribution in [0.1, 0.15) is 29.2 Å². The van der Waals surface area contributed by atoms with Gasteiger partial charge in [0.1, 0.15) is 11.5 Å². The fraction of sp³-hybridized carbons (Fsp3) is 0.333. The number of aryl methyl sites for hydroxylation is 1. The average molecular weight is 327 g/mol. The van der Waals surface area contributed by atoms with Gasteiger partial charge in [-0.15, -0.1) is 11.3 Å². The van der Waals surface area contributed by atoms with Crippen molar-refractivity contribution in [3.05, 3.63) is 27.4 Å². The van der Waals surface area contributed by atoms with E-state index < -0.39 is 5.97 Å². The summed E-state index contributed by atoms with van der Waals surface area (Å²) in [4.78, 5) is 16.9. The van der Waals surface area contributed by atoms with Crippen LogP contribution in [0.25, 0.3) is 10.6 Å². The molecule has 0 saturated carbocycles. The zero-order chi connectivity index (χ0) is 12.7. The molecule has 0 aliphatic carbocycles. The van der Waals surface area contributed by atoms with Crippen molar-refractivity contribution in [2.45, 2.75) is 25.8 Å². The van der Waals surface area contributed by atoms with Crippen molar-refractivity contribution in [1.82, 2.24) is 9.55 Å². The molecule has 0 bridgehead atoms. The van der Waals surface area contributed by atoms with E-state index in [2.05, 4.69) is 20.9 Å². The molecule has 0 fully saturated rings. The van der Waals surface area contributed by atoms with Crippen LogP contribution in [0.4, 0.5) is 0 Å². The summed E-state index contributed by atoms with van der Waals surface area (Å²) in [6.07, 6.45) is 2.98. The first kappa shape index (κ1) is 11.9. The lowest BCUT2D eigenvalue weighted by atomic mass is 10.1. The number of halogens is 1. The standard InChI is InChI=1S/C12H11BrN2O2S/c13-7-5-8(18-6-7)10-11(12(16)17)15-4-2-1-3-9(15)14-10/h5-6H,1-4H2,(H,16,17). The highest BCUT2D eigenvalue weighted by Gasteiger charge is 2.25. The Morgan fingerprint density at radius 1 is 1.50 bits per heavy atom. The van der Waals surface area contributed by atoms with Gasteiger partial charge in [0.2, 0.25) is 0 Å². The smallest absolute Gasteiger partial charge is 0.354 e. The maximum atomic E-state index is 11.5. The Bertz CT molecular complexity index is 618. The number of nitrogens with zero attached hydrogens (tertiary/aromatic N) is 2. The van der Waals surface area contributed by atoms with Gasteiger partial charge < -0.3 is 9.67 Å². The van der Waals surface area contributed by atoms with Gasteiger partial charge in [-0.1, -0.05) is 0 Å². The SMILES string of the molecule is O=C(O)c1c(-c2cc(Br)cs2)nc2n1CCCC2. The third-order valence-corrected chi connectivity index (χ3v) is 4.78. The highest BCUT2D eigenvalue weighted by atomic mass is 79.9. The molecule has 0 aromatic carbocycles. The van der Waals surface area contributed by atoms with Crippen molar-refractivity contribution in [2.75, 3.05) is 0 Å². The summed E-state index contributed by atoms with van der Waals surface area (Å²) in [6.45, 7) is 0.760. The van der Waals surface area contributed by atoms with Gasteiger partial charge in [0.05, 0.1) is 4.88 Å². The molecule has 4 nitrogen and oxygen atoms in total. The molecule has 1 N–H and O–H groups in total. The third kappa shape index (κ3) is 1.89. The maximum absolute atomic E-state index is 11.5. The molecular weight excluding hydrogens is 316 g/mol. The summed E-state index contributed by atoms with van der Waals surface area (Å²) < 4.78 is 2.82. The van der Waals surface area contributed by atoms with Gasteiger partial charge in [0.15, 0.2) is 5.69 Å². The van der Waals surface area contributed by atoms with Crippen LogP contribution >= 0.6 is 27.3 Å². The number of aromatic carboxylic acids is 1. The number of carboxylic acid groups (broad SMARTS) is 1. The molecule has 3 heterocycles. The Hall–Kier alpha value is -1.14. The topological polar surface area (TPSA) is 55.1 Å². The predicted octanol–water partition coefficient (Wildman–Crippen LogP) is 3.41. The zero-order valence-corrected chi connectivity index (χ0v) is 11.9. The van der Waals surface area contributed by atoms with Gasteiger partial charge >= 0.3 is 5.97 Å². The van der Waals surface area contributed by atoms with Crippen LogP contribution in [0.3, 0.4) is 0 Å². The Morgan fingerprint density at radius 2 is 2.33 bits per heavy atom. The molecule has 0 saturated heterocycles. The summed E-state index contributed by atoms with van der Waals surface area (Å²) in [7, 11) is 0. The minimum atomic E-state index is -0.893. The van der Waals surface area contributed by atoms with Gasteiger partial charge in [-0.3, -0.25) is 0 Å². The summed E-state index contributed by atoms with van der Waals surface area (Å²) in [6, 6.07) is 1.92. The fourth-order valence-corrected chi connectivity index (χ4v) is 3.73. The zero-order valence-electron chi connectivity index (χ0n) is 9.52. The van der Waals surface area contributed by atoms with Crippen LogP contribution in [0.2, 0.25) is 0 Å². The van der Waals surface area contributed by atoms with Crippen LogP contribution in [-0.2, 0) is 13.0 Å². The summed E-state index contributed by atoms with van der Waals surface area (Å²) in [5.74, 6) is 0.00773. The normalized spacial score (nSPS) is 14.5. The third-order valence-electron chi connectivity index (χ3n) is 3.08. The molecule has 1 aliphatic heterocycles. The van der Waals surface area contributed by atoms with Crippen LogP contribution in [-0.4, -0.2) is 20.6 Å². The van der Waals surface area contributed by atoms with Gasteiger partial charge in [0, 0.05) is 22.8 Å². The number of carbonyl (C=O) groups is 1. The van der Waals surface area contributed by atoms with E-state index in [1.165, 1.54) is 11.3 Å². The van der Waals surface area contributed by atoms with Crippen molar-refractivity contribution in [2.24, 2.45) is 0 Å². The summed E-state index contributed by atoms with van der Waals surface area (Å²) >= 11 is 4.90. The second-order valence-corrected chi connectivity index (χ2v) is 6.10. The van der Waals surface area contributed by atoms with Gasteiger partial charge in [-0.05, 0) is 34.8 Å². The van der Waals surface area contributed by atoms with Crippen molar-refractivity contribution >= 4 is 33.2 Å². The minimum Gasteiger partial charge on any atom is -0.477 e. The molecule has 18 heavy (non-hydrogen) atoms. The van der Waals surface area contributed by atoms with Gasteiger partial charge in [-0.25, -0.2) is 9.78 Å². The molecule has 0 amide bonds. The van der Waals surface area contributed by atoms with Crippen LogP contribution in [0, 0.1) is 0 Å². The number of imidazole rings is 1. The highest BCUT2D eigenvalue weighted by molar-refractivity contribution is 9.10. The Morgan fingerprint density at radius 3 is 3.00 bits per heavy atom. The molecule has 0 atom stereocenters. The predicted molar refractivity (Wildman–Crippen MR) is 73.1 cm³/mol. The minimum absolute atomic E-state index is 0.332.